The number of hydrogen-bond donors (Lipinski definition) is 0. The van der Waals surface area contributed by atoms with Crippen LogP contribution in [0.3, 0.4) is 0 Å². The lowest BCUT2D eigenvalue weighted by Gasteiger charge is -2.11. The standard InChI is InChI=1S/C22H26N2/c1-4-7-18-8-5-10-20(15-18)22-12-13-23-24(22)21-11-6-9-19(16-21)14-17(2)3/h5-6,8-13,15-17H,4,7,14H2,1-3H3. The van der Waals surface area contributed by atoms with Crippen LogP contribution in [0.2, 0.25) is 0 Å². The normalized spacial score (nSPS) is 11.2. The van der Waals surface area contributed by atoms with Gasteiger partial charge in [0, 0.05) is 5.56 Å². The van der Waals surface area contributed by atoms with E-state index in [1.807, 2.05) is 6.20 Å². The Bertz CT molecular complexity index is 799. The van der Waals surface area contributed by atoms with Gasteiger partial charge in [0.1, 0.15) is 0 Å². The maximum Gasteiger partial charge on any atom is 0.0741 e. The molecule has 0 saturated carbocycles. The molecule has 0 unspecified atom stereocenters. The second kappa shape index (κ2) is 7.48. The predicted octanol–water partition coefficient (Wildman–Crippen LogP) is 5.69. The summed E-state index contributed by atoms with van der Waals surface area (Å²) in [5.74, 6) is 0.656. The molecular weight excluding hydrogens is 292 g/mol. The summed E-state index contributed by atoms with van der Waals surface area (Å²) >= 11 is 0. The summed E-state index contributed by atoms with van der Waals surface area (Å²) in [6.45, 7) is 6.73. The molecule has 2 heteroatoms. The molecule has 3 aromatic rings. The smallest absolute Gasteiger partial charge is 0.0741 e. The SMILES string of the molecule is CCCc1cccc(-c2ccnn2-c2cccc(CC(C)C)c2)c1. The second-order valence-corrected chi connectivity index (χ2v) is 6.85. The lowest BCUT2D eigenvalue weighted by Crippen LogP contribution is -2.01. The van der Waals surface area contributed by atoms with E-state index in [1.54, 1.807) is 0 Å². The third-order valence-electron chi connectivity index (χ3n) is 4.20. The van der Waals surface area contributed by atoms with E-state index >= 15 is 0 Å². The average molecular weight is 318 g/mol. The summed E-state index contributed by atoms with van der Waals surface area (Å²) in [7, 11) is 0. The fourth-order valence-electron chi connectivity index (χ4n) is 3.19. The van der Waals surface area contributed by atoms with E-state index in [4.69, 9.17) is 0 Å². The van der Waals surface area contributed by atoms with E-state index in [-0.39, 0.29) is 0 Å². The largest absolute Gasteiger partial charge is 0.233 e. The molecule has 0 saturated heterocycles. The minimum atomic E-state index is 0.656. The van der Waals surface area contributed by atoms with Gasteiger partial charge in [-0.05, 0) is 54.2 Å². The first-order valence-electron chi connectivity index (χ1n) is 8.90. The van der Waals surface area contributed by atoms with Gasteiger partial charge in [0.15, 0.2) is 0 Å². The van der Waals surface area contributed by atoms with Crippen LogP contribution in [0.15, 0.2) is 60.8 Å². The molecule has 24 heavy (non-hydrogen) atoms. The highest BCUT2D eigenvalue weighted by Gasteiger charge is 2.09. The Balaban J connectivity index is 1.97. The molecule has 1 heterocycles. The van der Waals surface area contributed by atoms with Gasteiger partial charge in [-0.25, -0.2) is 4.68 Å². The molecule has 0 aliphatic rings. The van der Waals surface area contributed by atoms with E-state index in [2.05, 4.69) is 85.1 Å². The molecule has 0 N–H and O–H groups in total. The summed E-state index contributed by atoms with van der Waals surface area (Å²) in [6.07, 6.45) is 5.26. The van der Waals surface area contributed by atoms with Crippen LogP contribution in [0, 0.1) is 5.92 Å². The van der Waals surface area contributed by atoms with Crippen molar-refractivity contribution in [1.82, 2.24) is 9.78 Å². The van der Waals surface area contributed by atoms with Gasteiger partial charge < -0.3 is 0 Å². The fourth-order valence-corrected chi connectivity index (χ4v) is 3.19. The monoisotopic (exact) mass is 318 g/mol. The lowest BCUT2D eigenvalue weighted by molar-refractivity contribution is 0.646. The molecule has 0 spiro atoms. The highest BCUT2D eigenvalue weighted by atomic mass is 15.3. The van der Waals surface area contributed by atoms with Gasteiger partial charge in [0.25, 0.3) is 0 Å². The Morgan fingerprint density at radius 2 is 1.75 bits per heavy atom. The maximum atomic E-state index is 4.58. The summed E-state index contributed by atoms with van der Waals surface area (Å²) in [6, 6.07) is 19.6. The molecule has 0 radical (unpaired) electrons. The maximum absolute atomic E-state index is 4.58. The van der Waals surface area contributed by atoms with Crippen LogP contribution in [0.25, 0.3) is 16.9 Å². The Kier molecular flexibility index (Phi) is 5.14. The molecule has 0 aliphatic heterocycles. The van der Waals surface area contributed by atoms with Crippen molar-refractivity contribution in [3.63, 3.8) is 0 Å². The van der Waals surface area contributed by atoms with Crippen LogP contribution >= 0.6 is 0 Å². The number of rotatable bonds is 6. The third-order valence-corrected chi connectivity index (χ3v) is 4.20. The lowest BCUT2D eigenvalue weighted by atomic mass is 10.0. The third kappa shape index (κ3) is 3.76. The van der Waals surface area contributed by atoms with Gasteiger partial charge >= 0.3 is 0 Å². The van der Waals surface area contributed by atoms with Crippen molar-refractivity contribution in [2.45, 2.75) is 40.0 Å². The van der Waals surface area contributed by atoms with Gasteiger partial charge in [0.2, 0.25) is 0 Å². The van der Waals surface area contributed by atoms with Crippen molar-refractivity contribution >= 4 is 0 Å². The van der Waals surface area contributed by atoms with Crippen LogP contribution in [0.1, 0.15) is 38.3 Å². The molecule has 0 bridgehead atoms. The topological polar surface area (TPSA) is 17.8 Å². The van der Waals surface area contributed by atoms with Crippen molar-refractivity contribution in [2.24, 2.45) is 5.92 Å². The predicted molar refractivity (Wildman–Crippen MR) is 102 cm³/mol. The molecular formula is C22H26N2. The van der Waals surface area contributed by atoms with E-state index in [0.717, 1.165) is 24.2 Å². The Morgan fingerprint density at radius 3 is 2.54 bits per heavy atom. The molecule has 3 rings (SSSR count). The summed E-state index contributed by atoms with van der Waals surface area (Å²) < 4.78 is 2.05. The first kappa shape index (κ1) is 16.5. The first-order valence-corrected chi connectivity index (χ1v) is 8.90. The van der Waals surface area contributed by atoms with Crippen LogP contribution in [0.5, 0.6) is 0 Å². The van der Waals surface area contributed by atoms with Crippen molar-refractivity contribution in [3.05, 3.63) is 71.9 Å². The number of aromatic nitrogens is 2. The van der Waals surface area contributed by atoms with E-state index in [9.17, 15) is 0 Å². The second-order valence-electron chi connectivity index (χ2n) is 6.85. The fraction of sp³-hybridized carbons (Fsp3) is 0.318. The van der Waals surface area contributed by atoms with E-state index in [0.29, 0.717) is 5.92 Å². The molecule has 0 fully saturated rings. The minimum absolute atomic E-state index is 0.656. The molecule has 0 aliphatic carbocycles. The average Bonchev–Trinajstić information content (AvgIpc) is 3.05. The molecule has 1 aromatic heterocycles. The van der Waals surface area contributed by atoms with Crippen molar-refractivity contribution in [3.8, 4) is 16.9 Å². The zero-order valence-electron chi connectivity index (χ0n) is 14.9. The number of benzene rings is 2. The van der Waals surface area contributed by atoms with Crippen LogP contribution in [0.4, 0.5) is 0 Å². The van der Waals surface area contributed by atoms with Gasteiger partial charge in [-0.1, -0.05) is 57.5 Å². The summed E-state index contributed by atoms with van der Waals surface area (Å²) in [5.41, 5.74) is 6.26. The summed E-state index contributed by atoms with van der Waals surface area (Å²) in [5, 5.41) is 4.58. The highest BCUT2D eigenvalue weighted by molar-refractivity contribution is 5.63. The van der Waals surface area contributed by atoms with Gasteiger partial charge in [-0.2, -0.15) is 5.10 Å². The summed E-state index contributed by atoms with van der Waals surface area (Å²) in [4.78, 5) is 0. The molecule has 2 nitrogen and oxygen atoms in total. The Labute approximate surface area is 145 Å². The molecule has 124 valence electrons. The van der Waals surface area contributed by atoms with Crippen LogP contribution in [-0.2, 0) is 12.8 Å². The quantitative estimate of drug-likeness (QED) is 0.571. The minimum Gasteiger partial charge on any atom is -0.233 e. The number of aryl methyl sites for hydroxylation is 1. The number of nitrogens with zero attached hydrogens (tertiary/aromatic N) is 2. The van der Waals surface area contributed by atoms with Gasteiger partial charge in [-0.15, -0.1) is 0 Å². The van der Waals surface area contributed by atoms with Crippen LogP contribution < -0.4 is 0 Å². The highest BCUT2D eigenvalue weighted by Crippen LogP contribution is 2.24. The van der Waals surface area contributed by atoms with Crippen molar-refractivity contribution < 1.29 is 0 Å². The number of hydrogen-bond acceptors (Lipinski definition) is 1. The molecule has 2 aromatic carbocycles. The van der Waals surface area contributed by atoms with E-state index < -0.39 is 0 Å². The van der Waals surface area contributed by atoms with Crippen LogP contribution in [-0.4, -0.2) is 9.78 Å². The zero-order chi connectivity index (χ0) is 16.9. The van der Waals surface area contributed by atoms with Crippen molar-refractivity contribution in [2.75, 3.05) is 0 Å². The van der Waals surface area contributed by atoms with Gasteiger partial charge in [-0.3, -0.25) is 0 Å². The van der Waals surface area contributed by atoms with E-state index in [1.165, 1.54) is 23.1 Å². The Hall–Kier alpha value is -2.35. The van der Waals surface area contributed by atoms with Crippen molar-refractivity contribution in [1.29, 1.82) is 0 Å². The van der Waals surface area contributed by atoms with Gasteiger partial charge in [0.05, 0.1) is 17.6 Å². The zero-order valence-corrected chi connectivity index (χ0v) is 14.9. The first-order chi connectivity index (χ1) is 11.7. The Morgan fingerprint density at radius 1 is 0.958 bits per heavy atom. The molecule has 0 amide bonds. The molecule has 0 atom stereocenters.